The zero-order valence-corrected chi connectivity index (χ0v) is 17.2. The van der Waals surface area contributed by atoms with Crippen LogP contribution in [0.15, 0.2) is 48.0 Å². The van der Waals surface area contributed by atoms with E-state index in [0.29, 0.717) is 54.3 Å². The van der Waals surface area contributed by atoms with Gasteiger partial charge in [0.05, 0.1) is 14.2 Å². The number of likely N-dealkylation sites (tertiary alicyclic amines) is 1. The van der Waals surface area contributed by atoms with E-state index in [0.717, 1.165) is 5.56 Å². The average molecular weight is 413 g/mol. The quantitative estimate of drug-likeness (QED) is 0.676. The van der Waals surface area contributed by atoms with Gasteiger partial charge in [-0.1, -0.05) is 18.2 Å². The molecule has 30 heavy (non-hydrogen) atoms. The second kappa shape index (κ2) is 8.19. The number of hydrogen-bond acceptors (Lipinski definition) is 4. The summed E-state index contributed by atoms with van der Waals surface area (Å²) in [5.41, 5.74) is 0.924. The maximum atomic E-state index is 15.5. The normalized spacial score (nSPS) is 19.7. The van der Waals surface area contributed by atoms with E-state index < -0.39 is 5.67 Å². The Labute approximate surface area is 175 Å². The van der Waals surface area contributed by atoms with Gasteiger partial charge in [0, 0.05) is 42.8 Å². The van der Waals surface area contributed by atoms with E-state index in [1.807, 2.05) is 0 Å². The lowest BCUT2D eigenvalue weighted by atomic mass is 9.90. The molecule has 0 bridgehead atoms. The molecule has 0 radical (unpaired) electrons. The number of allylic oxidation sites excluding steroid dienone is 2. The Kier molecular flexibility index (Phi) is 5.60. The smallest absolute Gasteiger partial charge is 0.189 e. The highest BCUT2D eigenvalue weighted by Crippen LogP contribution is 2.38. The Bertz CT molecular complexity index is 994. The molecule has 158 valence electrons. The molecular formula is C24H25F2NO3. The van der Waals surface area contributed by atoms with Gasteiger partial charge in [-0.3, -0.25) is 9.69 Å². The number of nitrogens with zero attached hydrogens (tertiary/aromatic N) is 1. The van der Waals surface area contributed by atoms with Crippen LogP contribution in [0.5, 0.6) is 11.5 Å². The Hall–Kier alpha value is -2.73. The number of carbonyl (C=O) groups excluding carboxylic acids is 1. The summed E-state index contributed by atoms with van der Waals surface area (Å²) in [5.74, 6) is 0.651. The summed E-state index contributed by atoms with van der Waals surface area (Å²) in [7, 11) is 3.06. The number of carbonyl (C=O) groups is 1. The molecule has 1 saturated heterocycles. The summed E-state index contributed by atoms with van der Waals surface area (Å²) >= 11 is 0. The first-order valence-corrected chi connectivity index (χ1v) is 10.1. The number of alkyl halides is 1. The Morgan fingerprint density at radius 2 is 1.77 bits per heavy atom. The fourth-order valence-electron chi connectivity index (χ4n) is 4.26. The lowest BCUT2D eigenvalue weighted by molar-refractivity contribution is 0.0896. The molecule has 1 aliphatic heterocycles. The molecule has 0 unspecified atom stereocenters. The van der Waals surface area contributed by atoms with Crippen molar-refractivity contribution >= 4 is 5.78 Å². The molecule has 0 atom stereocenters. The fraction of sp³-hybridized carbons (Fsp3) is 0.375. The number of benzene rings is 2. The van der Waals surface area contributed by atoms with Gasteiger partial charge in [0.1, 0.15) is 11.5 Å². The lowest BCUT2D eigenvalue weighted by Gasteiger charge is -2.35. The largest absolute Gasteiger partial charge is 0.493 e. The van der Waals surface area contributed by atoms with Gasteiger partial charge in [-0.2, -0.15) is 0 Å². The van der Waals surface area contributed by atoms with Gasteiger partial charge in [0.15, 0.2) is 17.3 Å². The van der Waals surface area contributed by atoms with Crippen LogP contribution in [0.3, 0.4) is 0 Å². The predicted octanol–water partition coefficient (Wildman–Crippen LogP) is 4.51. The Balaban J connectivity index is 1.46. The molecular weight excluding hydrogens is 388 g/mol. The molecule has 0 aromatic heterocycles. The first kappa shape index (κ1) is 20.5. The summed E-state index contributed by atoms with van der Waals surface area (Å²) in [6.07, 6.45) is 2.45. The third-order valence-corrected chi connectivity index (χ3v) is 6.00. The molecule has 1 heterocycles. The summed E-state index contributed by atoms with van der Waals surface area (Å²) in [6.45, 7) is 1.48. The van der Waals surface area contributed by atoms with Crippen LogP contribution in [0.1, 0.15) is 34.3 Å². The Morgan fingerprint density at radius 3 is 2.43 bits per heavy atom. The minimum absolute atomic E-state index is 0.156. The minimum Gasteiger partial charge on any atom is -0.493 e. The van der Waals surface area contributed by atoms with Crippen molar-refractivity contribution in [1.82, 2.24) is 4.90 Å². The number of ketones is 1. The first-order chi connectivity index (χ1) is 14.4. The minimum atomic E-state index is -1.53. The molecule has 4 rings (SSSR count). The summed E-state index contributed by atoms with van der Waals surface area (Å²) in [5, 5.41) is 0. The second-order valence-electron chi connectivity index (χ2n) is 7.94. The number of piperidine rings is 1. The average Bonchev–Trinajstić information content (AvgIpc) is 3.04. The molecule has 0 amide bonds. The van der Waals surface area contributed by atoms with Crippen LogP contribution in [0.4, 0.5) is 8.78 Å². The van der Waals surface area contributed by atoms with Crippen molar-refractivity contribution in [3.8, 4) is 11.5 Å². The highest BCUT2D eigenvalue weighted by Gasteiger charge is 2.36. The van der Waals surface area contributed by atoms with E-state index in [-0.39, 0.29) is 24.4 Å². The lowest BCUT2D eigenvalue weighted by Crippen LogP contribution is -2.40. The number of methoxy groups -OCH3 is 2. The third-order valence-electron chi connectivity index (χ3n) is 6.00. The van der Waals surface area contributed by atoms with Gasteiger partial charge in [-0.15, -0.1) is 0 Å². The van der Waals surface area contributed by atoms with E-state index in [2.05, 4.69) is 4.90 Å². The van der Waals surface area contributed by atoms with Gasteiger partial charge >= 0.3 is 0 Å². The molecule has 4 nitrogen and oxygen atoms in total. The second-order valence-corrected chi connectivity index (χ2v) is 7.94. The predicted molar refractivity (Wildman–Crippen MR) is 110 cm³/mol. The van der Waals surface area contributed by atoms with Crippen LogP contribution in [0.25, 0.3) is 0 Å². The molecule has 6 heteroatoms. The number of hydrogen-bond donors (Lipinski definition) is 0. The van der Waals surface area contributed by atoms with E-state index >= 15 is 4.39 Å². The molecule has 1 aliphatic carbocycles. The van der Waals surface area contributed by atoms with E-state index in [4.69, 9.17) is 9.47 Å². The third kappa shape index (κ3) is 3.97. The molecule has 0 saturated carbocycles. The maximum absolute atomic E-state index is 15.5. The summed E-state index contributed by atoms with van der Waals surface area (Å²) < 4.78 is 40.0. The van der Waals surface area contributed by atoms with E-state index in [1.165, 1.54) is 19.3 Å². The monoisotopic (exact) mass is 413 g/mol. The van der Waals surface area contributed by atoms with E-state index in [9.17, 15) is 9.18 Å². The van der Waals surface area contributed by atoms with Crippen LogP contribution in [0.2, 0.25) is 0 Å². The molecule has 1 fully saturated rings. The van der Waals surface area contributed by atoms with Gasteiger partial charge in [-0.25, -0.2) is 8.78 Å². The highest BCUT2D eigenvalue weighted by atomic mass is 19.1. The summed E-state index contributed by atoms with van der Waals surface area (Å²) in [6, 6.07) is 10.1. The van der Waals surface area contributed by atoms with Gasteiger partial charge in [0.25, 0.3) is 0 Å². The van der Waals surface area contributed by atoms with Crippen LogP contribution in [-0.2, 0) is 13.0 Å². The molecule has 2 aliphatic rings. The number of fused-ring (bicyclic) bond motifs is 1. The molecule has 2 aromatic carbocycles. The van der Waals surface area contributed by atoms with Crippen molar-refractivity contribution < 1.29 is 23.0 Å². The van der Waals surface area contributed by atoms with Crippen LogP contribution in [-0.4, -0.2) is 43.7 Å². The number of Topliss-reactive ketones (excluding diaryl/α,β-unsaturated/α-hetero) is 1. The highest BCUT2D eigenvalue weighted by molar-refractivity contribution is 6.13. The number of rotatable bonds is 5. The van der Waals surface area contributed by atoms with Crippen molar-refractivity contribution in [1.29, 1.82) is 0 Å². The fourth-order valence-corrected chi connectivity index (χ4v) is 4.26. The van der Waals surface area contributed by atoms with Crippen molar-refractivity contribution in [2.24, 2.45) is 0 Å². The molecule has 0 N–H and O–H groups in total. The Morgan fingerprint density at radius 1 is 1.10 bits per heavy atom. The summed E-state index contributed by atoms with van der Waals surface area (Å²) in [4.78, 5) is 14.9. The maximum Gasteiger partial charge on any atom is 0.189 e. The van der Waals surface area contributed by atoms with Gasteiger partial charge in [-0.05, 0) is 42.7 Å². The standard InChI is InChI=1S/C24H25F2NO3/c1-29-21-12-17-11-18(23(28)19(17)13-22(21)30-2)14-24(26)7-9-27(10-8-24)15-16-5-3-4-6-20(16)25/h3-6,12-14H,7-11,15H2,1-2H3. The van der Waals surface area contributed by atoms with Crippen LogP contribution < -0.4 is 9.47 Å². The van der Waals surface area contributed by atoms with Crippen molar-refractivity contribution in [3.63, 3.8) is 0 Å². The van der Waals surface area contributed by atoms with Crippen LogP contribution in [0, 0.1) is 5.82 Å². The zero-order chi connectivity index (χ0) is 21.3. The first-order valence-electron chi connectivity index (χ1n) is 10.1. The van der Waals surface area contributed by atoms with Gasteiger partial charge < -0.3 is 9.47 Å². The zero-order valence-electron chi connectivity index (χ0n) is 17.2. The van der Waals surface area contributed by atoms with Crippen molar-refractivity contribution in [3.05, 3.63) is 70.6 Å². The number of ether oxygens (including phenoxy) is 2. The van der Waals surface area contributed by atoms with Crippen molar-refractivity contribution in [2.45, 2.75) is 31.5 Å². The number of halogens is 2. The van der Waals surface area contributed by atoms with Crippen molar-refractivity contribution in [2.75, 3.05) is 27.3 Å². The van der Waals surface area contributed by atoms with Gasteiger partial charge in [0.2, 0.25) is 0 Å². The SMILES string of the molecule is COc1cc2c(cc1OC)C(=O)C(=CC1(F)CCN(Cc3ccccc3F)CC1)C2. The molecule has 0 spiro atoms. The molecule has 2 aromatic rings. The van der Waals surface area contributed by atoms with E-state index in [1.54, 1.807) is 37.4 Å². The topological polar surface area (TPSA) is 38.8 Å². The van der Waals surface area contributed by atoms with Crippen LogP contribution >= 0.6 is 0 Å².